The molecule has 1 aromatic carbocycles. The van der Waals surface area contributed by atoms with Gasteiger partial charge in [-0.3, -0.25) is 0 Å². The Kier molecular flexibility index (Phi) is 7.41. The van der Waals surface area contributed by atoms with E-state index in [0.717, 1.165) is 66.3 Å². The van der Waals surface area contributed by atoms with Gasteiger partial charge in [0.15, 0.2) is 5.89 Å². The molecule has 0 bridgehead atoms. The number of aryl methyl sites for hydroxylation is 3. The Hall–Kier alpha value is -1.97. The van der Waals surface area contributed by atoms with Gasteiger partial charge in [0.2, 0.25) is 0 Å². The van der Waals surface area contributed by atoms with Crippen LogP contribution in [-0.2, 0) is 19.3 Å². The molecule has 1 aromatic heterocycles. The molecule has 0 amide bonds. The van der Waals surface area contributed by atoms with Crippen LogP contribution in [0, 0.1) is 6.92 Å². The van der Waals surface area contributed by atoms with Crippen LogP contribution < -0.4 is 4.74 Å². The zero-order valence-corrected chi connectivity index (χ0v) is 17.7. The molecule has 0 saturated heterocycles. The molecule has 4 nitrogen and oxygen atoms in total. The van der Waals surface area contributed by atoms with Gasteiger partial charge < -0.3 is 14.3 Å². The highest BCUT2D eigenvalue weighted by atomic mass is 16.5. The Morgan fingerprint density at radius 3 is 2.29 bits per heavy atom. The normalized spacial score (nSPS) is 15.1. The average molecular weight is 386 g/mol. The lowest BCUT2D eigenvalue weighted by atomic mass is 9.89. The van der Waals surface area contributed by atoms with E-state index in [9.17, 15) is 5.11 Å². The summed E-state index contributed by atoms with van der Waals surface area (Å²) >= 11 is 0. The summed E-state index contributed by atoms with van der Waals surface area (Å²) in [5.74, 6) is 3.64. The predicted molar refractivity (Wildman–Crippen MR) is 112 cm³/mol. The molecule has 1 aliphatic rings. The molecule has 3 rings (SSSR count). The van der Waals surface area contributed by atoms with Crippen LogP contribution in [0.1, 0.15) is 93.2 Å². The smallest absolute Gasteiger partial charge is 0.197 e. The number of hydrogen-bond acceptors (Lipinski definition) is 4. The zero-order chi connectivity index (χ0) is 19.9. The Bertz CT molecular complexity index is 732. The van der Waals surface area contributed by atoms with Crippen molar-refractivity contribution in [1.82, 2.24) is 4.98 Å². The molecule has 0 atom stereocenters. The van der Waals surface area contributed by atoms with Crippen LogP contribution in [0.25, 0.3) is 0 Å². The van der Waals surface area contributed by atoms with Crippen molar-refractivity contribution in [3.05, 3.63) is 40.6 Å². The minimum absolute atomic E-state index is 0.337. The Morgan fingerprint density at radius 1 is 1.04 bits per heavy atom. The molecule has 0 spiro atoms. The van der Waals surface area contributed by atoms with Crippen LogP contribution in [0.15, 0.2) is 16.5 Å². The van der Waals surface area contributed by atoms with Crippen molar-refractivity contribution in [1.29, 1.82) is 0 Å². The fraction of sp³-hybridized carbons (Fsp3) is 0.625. The predicted octanol–water partition coefficient (Wildman–Crippen LogP) is 6.26. The standard InChI is InChI=1S/C24H35NO3/c1-4-9-19-15-21(26)16-20(10-5-2)23(19)27-14-13-22-17(3)28-24(25-22)18-11-7-6-8-12-18/h15-16,18,26H,4-14H2,1-3H3. The lowest BCUT2D eigenvalue weighted by Crippen LogP contribution is -2.08. The number of phenolic OH excluding ortho intramolecular Hbond substituents is 1. The first-order chi connectivity index (χ1) is 13.6. The molecule has 154 valence electrons. The number of aromatic nitrogens is 1. The minimum atomic E-state index is 0.337. The maximum absolute atomic E-state index is 10.1. The van der Waals surface area contributed by atoms with E-state index < -0.39 is 0 Å². The quantitative estimate of drug-likeness (QED) is 0.553. The van der Waals surface area contributed by atoms with E-state index >= 15 is 0 Å². The summed E-state index contributed by atoms with van der Waals surface area (Å²) in [6, 6.07) is 3.70. The third-order valence-electron chi connectivity index (χ3n) is 5.72. The second-order valence-corrected chi connectivity index (χ2v) is 8.08. The third kappa shape index (κ3) is 5.09. The van der Waals surface area contributed by atoms with Crippen LogP contribution >= 0.6 is 0 Å². The number of rotatable bonds is 9. The lowest BCUT2D eigenvalue weighted by molar-refractivity contribution is 0.312. The summed E-state index contributed by atoms with van der Waals surface area (Å²) in [5, 5.41) is 10.1. The van der Waals surface area contributed by atoms with Crippen molar-refractivity contribution in [3.8, 4) is 11.5 Å². The van der Waals surface area contributed by atoms with Crippen molar-refractivity contribution >= 4 is 0 Å². The van der Waals surface area contributed by atoms with E-state index in [2.05, 4.69) is 13.8 Å². The first-order valence-electron chi connectivity index (χ1n) is 11.1. The van der Waals surface area contributed by atoms with Crippen molar-refractivity contribution in [3.63, 3.8) is 0 Å². The molecule has 28 heavy (non-hydrogen) atoms. The van der Waals surface area contributed by atoms with Gasteiger partial charge in [-0.25, -0.2) is 4.98 Å². The molecule has 2 aromatic rings. The summed E-state index contributed by atoms with van der Waals surface area (Å²) in [6.45, 7) is 6.90. The van der Waals surface area contributed by atoms with Gasteiger partial charge in [0.1, 0.15) is 17.3 Å². The Balaban J connectivity index is 1.68. The molecule has 0 unspecified atom stereocenters. The van der Waals surface area contributed by atoms with Crippen LogP contribution in [0.3, 0.4) is 0 Å². The van der Waals surface area contributed by atoms with E-state index in [1.807, 2.05) is 19.1 Å². The number of ether oxygens (including phenoxy) is 1. The van der Waals surface area contributed by atoms with E-state index in [-0.39, 0.29) is 0 Å². The number of benzene rings is 1. The molecule has 1 fully saturated rings. The highest BCUT2D eigenvalue weighted by Gasteiger charge is 2.22. The van der Waals surface area contributed by atoms with Gasteiger partial charge in [-0.2, -0.15) is 0 Å². The van der Waals surface area contributed by atoms with Gasteiger partial charge in [0.25, 0.3) is 0 Å². The second kappa shape index (κ2) is 9.99. The molecule has 0 radical (unpaired) electrons. The van der Waals surface area contributed by atoms with Gasteiger partial charge in [-0.1, -0.05) is 46.0 Å². The minimum Gasteiger partial charge on any atom is -0.508 e. The van der Waals surface area contributed by atoms with Crippen LogP contribution in [0.4, 0.5) is 0 Å². The summed E-state index contributed by atoms with van der Waals surface area (Å²) in [5.41, 5.74) is 3.23. The van der Waals surface area contributed by atoms with Gasteiger partial charge >= 0.3 is 0 Å². The highest BCUT2D eigenvalue weighted by Crippen LogP contribution is 2.34. The second-order valence-electron chi connectivity index (χ2n) is 8.08. The molecule has 0 aliphatic heterocycles. The van der Waals surface area contributed by atoms with Crippen molar-refractivity contribution < 1.29 is 14.3 Å². The van der Waals surface area contributed by atoms with Crippen LogP contribution in [-0.4, -0.2) is 16.7 Å². The zero-order valence-electron chi connectivity index (χ0n) is 17.7. The van der Waals surface area contributed by atoms with E-state index in [4.69, 9.17) is 14.1 Å². The number of phenols is 1. The topological polar surface area (TPSA) is 55.5 Å². The van der Waals surface area contributed by atoms with Crippen molar-refractivity contribution in [2.75, 3.05) is 6.61 Å². The highest BCUT2D eigenvalue weighted by molar-refractivity contribution is 5.47. The van der Waals surface area contributed by atoms with E-state index in [1.165, 1.54) is 32.1 Å². The number of oxazole rings is 1. The van der Waals surface area contributed by atoms with Gasteiger partial charge in [-0.05, 0) is 55.9 Å². The largest absolute Gasteiger partial charge is 0.508 e. The van der Waals surface area contributed by atoms with Crippen molar-refractivity contribution in [2.45, 2.75) is 90.9 Å². The molecule has 4 heteroatoms. The summed E-state index contributed by atoms with van der Waals surface area (Å²) in [6.07, 6.45) is 10.9. The first kappa shape index (κ1) is 20.8. The molecule has 1 N–H and O–H groups in total. The monoisotopic (exact) mass is 385 g/mol. The maximum Gasteiger partial charge on any atom is 0.197 e. The van der Waals surface area contributed by atoms with Crippen LogP contribution in [0.5, 0.6) is 11.5 Å². The Morgan fingerprint density at radius 2 is 1.68 bits per heavy atom. The molecular weight excluding hydrogens is 350 g/mol. The van der Waals surface area contributed by atoms with Crippen LogP contribution in [0.2, 0.25) is 0 Å². The first-order valence-corrected chi connectivity index (χ1v) is 11.1. The molecular formula is C24H35NO3. The SMILES string of the molecule is CCCc1cc(O)cc(CCC)c1OCCc1nc(C2CCCCC2)oc1C. The molecule has 1 saturated carbocycles. The van der Waals surface area contributed by atoms with Gasteiger partial charge in [-0.15, -0.1) is 0 Å². The number of aromatic hydroxyl groups is 1. The van der Waals surface area contributed by atoms with E-state index in [0.29, 0.717) is 18.3 Å². The summed E-state index contributed by atoms with van der Waals surface area (Å²) < 4.78 is 12.2. The Labute approximate surface area is 169 Å². The molecule has 1 heterocycles. The lowest BCUT2D eigenvalue weighted by Gasteiger charge is -2.18. The fourth-order valence-corrected chi connectivity index (χ4v) is 4.29. The summed E-state index contributed by atoms with van der Waals surface area (Å²) in [4.78, 5) is 4.81. The molecule has 1 aliphatic carbocycles. The number of nitrogens with zero attached hydrogens (tertiary/aromatic N) is 1. The van der Waals surface area contributed by atoms with Crippen molar-refractivity contribution in [2.24, 2.45) is 0 Å². The van der Waals surface area contributed by atoms with Gasteiger partial charge in [0, 0.05) is 12.3 Å². The maximum atomic E-state index is 10.1. The third-order valence-corrected chi connectivity index (χ3v) is 5.72. The van der Waals surface area contributed by atoms with E-state index in [1.54, 1.807) is 0 Å². The fourth-order valence-electron chi connectivity index (χ4n) is 4.29. The van der Waals surface area contributed by atoms with Gasteiger partial charge in [0.05, 0.1) is 12.3 Å². The average Bonchev–Trinajstić information content (AvgIpc) is 3.06. The summed E-state index contributed by atoms with van der Waals surface area (Å²) in [7, 11) is 0. The number of hydrogen-bond donors (Lipinski definition) is 1.